The standard InChI is InChI=1S/C19H21N3O5S/c23-18-13-22(28(26,27)21-18)12-16-8-4-7-15(9-16)11-20-17(19(24)25)10-14-5-2-1-3-6-14/h1-9,17,20H,10-13H2,(H,21,23)(H,24,25)/t17-/m0/s1. The van der Waals surface area contributed by atoms with E-state index in [-0.39, 0.29) is 13.1 Å². The highest BCUT2D eigenvalue weighted by atomic mass is 32.2. The molecule has 0 aliphatic carbocycles. The van der Waals surface area contributed by atoms with Crippen LogP contribution in [-0.4, -0.2) is 42.3 Å². The Kier molecular flexibility index (Phi) is 6.08. The minimum atomic E-state index is -3.78. The Morgan fingerprint density at radius 2 is 1.79 bits per heavy atom. The van der Waals surface area contributed by atoms with Gasteiger partial charge in [-0.2, -0.15) is 12.7 Å². The van der Waals surface area contributed by atoms with E-state index in [9.17, 15) is 23.1 Å². The van der Waals surface area contributed by atoms with Crippen molar-refractivity contribution in [3.8, 4) is 0 Å². The Balaban J connectivity index is 1.63. The molecule has 3 rings (SSSR count). The number of hydrogen-bond donors (Lipinski definition) is 3. The van der Waals surface area contributed by atoms with Gasteiger partial charge < -0.3 is 10.4 Å². The van der Waals surface area contributed by atoms with Crippen molar-refractivity contribution < 1.29 is 23.1 Å². The number of carboxylic acid groups (broad SMARTS) is 1. The second-order valence-corrected chi connectivity index (χ2v) is 8.25. The average Bonchev–Trinajstić information content (AvgIpc) is 2.91. The van der Waals surface area contributed by atoms with Crippen LogP contribution in [0.4, 0.5) is 0 Å². The van der Waals surface area contributed by atoms with Crippen molar-refractivity contribution in [3.63, 3.8) is 0 Å². The Morgan fingerprint density at radius 3 is 2.43 bits per heavy atom. The fourth-order valence-electron chi connectivity index (χ4n) is 3.01. The van der Waals surface area contributed by atoms with Crippen LogP contribution < -0.4 is 10.0 Å². The molecule has 9 heteroatoms. The molecule has 1 atom stereocenters. The molecule has 1 heterocycles. The first-order chi connectivity index (χ1) is 13.3. The summed E-state index contributed by atoms with van der Waals surface area (Å²) >= 11 is 0. The quantitative estimate of drug-likeness (QED) is 0.596. The van der Waals surface area contributed by atoms with Crippen LogP contribution in [0.15, 0.2) is 54.6 Å². The Morgan fingerprint density at radius 1 is 1.11 bits per heavy atom. The normalized spacial score (nSPS) is 17.2. The lowest BCUT2D eigenvalue weighted by Crippen LogP contribution is -2.38. The Hall–Kier alpha value is -2.75. The monoisotopic (exact) mass is 403 g/mol. The number of amides is 1. The van der Waals surface area contributed by atoms with Crippen molar-refractivity contribution in [3.05, 3.63) is 71.3 Å². The topological polar surface area (TPSA) is 116 Å². The van der Waals surface area contributed by atoms with Gasteiger partial charge in [0.1, 0.15) is 6.04 Å². The Labute approximate surface area is 163 Å². The van der Waals surface area contributed by atoms with Crippen LogP contribution in [0.5, 0.6) is 0 Å². The van der Waals surface area contributed by atoms with Crippen molar-refractivity contribution in [2.75, 3.05) is 6.54 Å². The van der Waals surface area contributed by atoms with Crippen LogP contribution in [0.3, 0.4) is 0 Å². The summed E-state index contributed by atoms with van der Waals surface area (Å²) in [7, 11) is -3.78. The summed E-state index contributed by atoms with van der Waals surface area (Å²) < 4.78 is 26.7. The highest BCUT2D eigenvalue weighted by molar-refractivity contribution is 7.88. The molecule has 0 radical (unpaired) electrons. The maximum Gasteiger partial charge on any atom is 0.321 e. The van der Waals surface area contributed by atoms with E-state index in [4.69, 9.17) is 0 Å². The van der Waals surface area contributed by atoms with Gasteiger partial charge in [-0.15, -0.1) is 0 Å². The van der Waals surface area contributed by atoms with Crippen molar-refractivity contribution in [1.82, 2.24) is 14.3 Å². The number of nitrogens with zero attached hydrogens (tertiary/aromatic N) is 1. The number of benzene rings is 2. The maximum atomic E-state index is 11.8. The Bertz CT molecular complexity index is 963. The zero-order valence-electron chi connectivity index (χ0n) is 15.0. The van der Waals surface area contributed by atoms with E-state index in [1.54, 1.807) is 18.2 Å². The lowest BCUT2D eigenvalue weighted by atomic mass is 10.1. The molecule has 1 fully saturated rings. The molecule has 3 N–H and O–H groups in total. The van der Waals surface area contributed by atoms with Gasteiger partial charge >= 0.3 is 16.2 Å². The van der Waals surface area contributed by atoms with Gasteiger partial charge in [0.15, 0.2) is 0 Å². The number of hydrogen-bond acceptors (Lipinski definition) is 5. The zero-order chi connectivity index (χ0) is 20.1. The molecule has 1 aliphatic heterocycles. The summed E-state index contributed by atoms with van der Waals surface area (Å²) in [6, 6.07) is 15.8. The van der Waals surface area contributed by atoms with Gasteiger partial charge in [0.05, 0.1) is 6.54 Å². The largest absolute Gasteiger partial charge is 0.480 e. The van der Waals surface area contributed by atoms with Crippen LogP contribution in [-0.2, 0) is 39.3 Å². The molecule has 0 saturated carbocycles. The molecular formula is C19H21N3O5S. The summed E-state index contributed by atoms with van der Waals surface area (Å²) in [5, 5.41) is 12.5. The molecule has 8 nitrogen and oxygen atoms in total. The molecule has 2 aromatic carbocycles. The number of rotatable bonds is 8. The van der Waals surface area contributed by atoms with E-state index in [1.807, 2.05) is 41.1 Å². The summed E-state index contributed by atoms with van der Waals surface area (Å²) in [5.74, 6) is -1.49. The van der Waals surface area contributed by atoms with Crippen LogP contribution in [0, 0.1) is 0 Å². The molecule has 0 unspecified atom stereocenters. The van der Waals surface area contributed by atoms with Gasteiger partial charge in [0.25, 0.3) is 0 Å². The SMILES string of the molecule is O=C1CN(Cc2cccc(CN[C@@H](Cc3ccccc3)C(=O)O)c2)S(=O)(=O)N1. The summed E-state index contributed by atoms with van der Waals surface area (Å²) in [4.78, 5) is 22.9. The van der Waals surface area contributed by atoms with E-state index in [0.29, 0.717) is 18.5 Å². The lowest BCUT2D eigenvalue weighted by molar-refractivity contribution is -0.139. The smallest absolute Gasteiger partial charge is 0.321 e. The van der Waals surface area contributed by atoms with E-state index in [2.05, 4.69) is 5.32 Å². The third-order valence-corrected chi connectivity index (χ3v) is 5.81. The molecule has 1 aliphatic rings. The molecule has 1 amide bonds. The van der Waals surface area contributed by atoms with Gasteiger partial charge in [-0.25, -0.2) is 4.72 Å². The second-order valence-electron chi connectivity index (χ2n) is 6.58. The molecular weight excluding hydrogens is 382 g/mol. The summed E-state index contributed by atoms with van der Waals surface area (Å²) in [5.41, 5.74) is 2.47. The maximum absolute atomic E-state index is 11.8. The highest BCUT2D eigenvalue weighted by Crippen LogP contribution is 2.14. The zero-order valence-corrected chi connectivity index (χ0v) is 15.9. The van der Waals surface area contributed by atoms with Crippen LogP contribution in [0.1, 0.15) is 16.7 Å². The molecule has 148 valence electrons. The minimum Gasteiger partial charge on any atom is -0.480 e. The van der Waals surface area contributed by atoms with Gasteiger partial charge in [0.2, 0.25) is 5.91 Å². The molecule has 0 aromatic heterocycles. The second kappa shape index (κ2) is 8.51. The molecule has 1 saturated heterocycles. The molecule has 28 heavy (non-hydrogen) atoms. The third-order valence-electron chi connectivity index (χ3n) is 4.39. The number of aliphatic carboxylic acids is 1. The van der Waals surface area contributed by atoms with E-state index in [1.165, 1.54) is 0 Å². The predicted octanol–water partition coefficient (Wildman–Crippen LogP) is 0.649. The fraction of sp³-hybridized carbons (Fsp3) is 0.263. The minimum absolute atomic E-state index is 0.0707. The van der Waals surface area contributed by atoms with Gasteiger partial charge in [-0.3, -0.25) is 9.59 Å². The molecule has 2 aromatic rings. The summed E-state index contributed by atoms with van der Waals surface area (Å²) in [6.45, 7) is 0.186. The van der Waals surface area contributed by atoms with Crippen molar-refractivity contribution in [2.45, 2.75) is 25.6 Å². The average molecular weight is 403 g/mol. The first-order valence-corrected chi connectivity index (χ1v) is 10.2. The van der Waals surface area contributed by atoms with E-state index >= 15 is 0 Å². The van der Waals surface area contributed by atoms with Gasteiger partial charge in [0, 0.05) is 13.1 Å². The van der Waals surface area contributed by atoms with Crippen molar-refractivity contribution >= 4 is 22.1 Å². The van der Waals surface area contributed by atoms with Gasteiger partial charge in [-0.1, -0.05) is 54.6 Å². The van der Waals surface area contributed by atoms with E-state index < -0.39 is 28.1 Å². The molecule has 0 bridgehead atoms. The lowest BCUT2D eigenvalue weighted by Gasteiger charge is -2.16. The first-order valence-electron chi connectivity index (χ1n) is 8.72. The van der Waals surface area contributed by atoms with Gasteiger partial charge in [-0.05, 0) is 23.1 Å². The first kappa shape index (κ1) is 20.0. The van der Waals surface area contributed by atoms with Crippen LogP contribution in [0.25, 0.3) is 0 Å². The fourth-order valence-corrected chi connectivity index (χ4v) is 4.09. The van der Waals surface area contributed by atoms with Crippen molar-refractivity contribution in [1.29, 1.82) is 0 Å². The van der Waals surface area contributed by atoms with Crippen LogP contribution >= 0.6 is 0 Å². The highest BCUT2D eigenvalue weighted by Gasteiger charge is 2.33. The van der Waals surface area contributed by atoms with Crippen molar-refractivity contribution in [2.24, 2.45) is 0 Å². The van der Waals surface area contributed by atoms with E-state index in [0.717, 1.165) is 15.4 Å². The van der Waals surface area contributed by atoms with Crippen LogP contribution in [0.2, 0.25) is 0 Å². The number of carbonyl (C=O) groups is 2. The molecule has 0 spiro atoms. The predicted molar refractivity (Wildman–Crippen MR) is 102 cm³/mol. The summed E-state index contributed by atoms with van der Waals surface area (Å²) in [6.07, 6.45) is 0.357. The number of nitrogens with one attached hydrogen (secondary N) is 2. The number of carboxylic acids is 1. The third kappa shape index (κ3) is 5.16. The number of carbonyl (C=O) groups excluding carboxylic acids is 1.